The predicted octanol–water partition coefficient (Wildman–Crippen LogP) is 3.38. The van der Waals surface area contributed by atoms with Crippen LogP contribution in [0.2, 0.25) is 0 Å². The minimum atomic E-state index is -0.435. The molecule has 3 rings (SSSR count). The fraction of sp³-hybridized carbons (Fsp3) is 0.333. The van der Waals surface area contributed by atoms with E-state index in [2.05, 4.69) is 0 Å². The Morgan fingerprint density at radius 2 is 1.72 bits per heavy atom. The molecule has 0 heterocycles. The van der Waals surface area contributed by atoms with Crippen molar-refractivity contribution in [1.29, 1.82) is 0 Å². The van der Waals surface area contributed by atoms with Gasteiger partial charge in [-0.15, -0.1) is 0 Å². The van der Waals surface area contributed by atoms with E-state index in [1.165, 1.54) is 17.5 Å². The Balaban J connectivity index is 1.54. The molecule has 2 aromatic rings. The number of hydrogen-bond donors (Lipinski definition) is 0. The van der Waals surface area contributed by atoms with Gasteiger partial charge in [0.2, 0.25) is 0 Å². The maximum atomic E-state index is 12.2. The number of likely N-dealkylation sites (N-methyl/N-ethyl adjacent to an activating group) is 1. The Morgan fingerprint density at radius 3 is 2.48 bits per heavy atom. The van der Waals surface area contributed by atoms with Crippen LogP contribution in [0.15, 0.2) is 48.5 Å². The van der Waals surface area contributed by atoms with Crippen LogP contribution in [0, 0.1) is 0 Å². The number of aryl methyl sites for hydroxylation is 2. The maximum absolute atomic E-state index is 12.2. The van der Waals surface area contributed by atoms with Gasteiger partial charge in [0, 0.05) is 13.6 Å². The fourth-order valence-corrected chi connectivity index (χ4v) is 3.13. The molecule has 1 amide bonds. The van der Waals surface area contributed by atoms with Gasteiger partial charge in [0.05, 0.1) is 5.56 Å². The molecule has 1 aliphatic carbocycles. The van der Waals surface area contributed by atoms with Gasteiger partial charge in [-0.25, -0.2) is 4.79 Å². The average Bonchev–Trinajstić information content (AvgIpc) is 2.66. The highest BCUT2D eigenvalue weighted by molar-refractivity contribution is 5.91. The zero-order valence-electron chi connectivity index (χ0n) is 14.5. The lowest BCUT2D eigenvalue weighted by atomic mass is 9.90. The largest absolute Gasteiger partial charge is 0.452 e. The molecule has 0 fully saturated rings. The monoisotopic (exact) mass is 337 g/mol. The maximum Gasteiger partial charge on any atom is 0.338 e. The number of esters is 1. The van der Waals surface area contributed by atoms with Crippen molar-refractivity contribution in [2.24, 2.45) is 0 Å². The van der Waals surface area contributed by atoms with Gasteiger partial charge in [0.25, 0.3) is 5.91 Å². The van der Waals surface area contributed by atoms with Crippen LogP contribution < -0.4 is 0 Å². The Labute approximate surface area is 148 Å². The SMILES string of the molecule is CN(Cc1ccccc1)C(=O)COC(=O)c1ccc2c(c1)CCCC2. The number of ether oxygens (including phenoxy) is 1. The Kier molecular flexibility index (Phi) is 5.49. The van der Waals surface area contributed by atoms with Crippen molar-refractivity contribution >= 4 is 11.9 Å². The second kappa shape index (κ2) is 7.97. The Morgan fingerprint density at radius 1 is 1.00 bits per heavy atom. The molecule has 0 radical (unpaired) electrons. The van der Waals surface area contributed by atoms with Crippen molar-refractivity contribution in [3.8, 4) is 0 Å². The molecule has 2 aromatic carbocycles. The minimum absolute atomic E-state index is 0.213. The molecule has 0 aromatic heterocycles. The summed E-state index contributed by atoms with van der Waals surface area (Å²) in [5.74, 6) is -0.648. The molecular weight excluding hydrogens is 314 g/mol. The van der Waals surface area contributed by atoms with Gasteiger partial charge >= 0.3 is 5.97 Å². The molecule has 4 heteroatoms. The summed E-state index contributed by atoms with van der Waals surface area (Å²) in [5, 5.41) is 0. The lowest BCUT2D eigenvalue weighted by molar-refractivity contribution is -0.133. The normalized spacial score (nSPS) is 13.0. The third-order valence-electron chi connectivity index (χ3n) is 4.60. The van der Waals surface area contributed by atoms with Gasteiger partial charge in [-0.3, -0.25) is 4.79 Å². The molecule has 0 aliphatic heterocycles. The molecule has 0 atom stereocenters. The highest BCUT2D eigenvalue weighted by Gasteiger charge is 2.16. The second-order valence-corrected chi connectivity index (χ2v) is 6.50. The molecule has 130 valence electrons. The molecule has 0 saturated heterocycles. The first kappa shape index (κ1) is 17.2. The Bertz CT molecular complexity index is 755. The van der Waals surface area contributed by atoms with E-state index < -0.39 is 5.97 Å². The van der Waals surface area contributed by atoms with Crippen LogP contribution in [0.4, 0.5) is 0 Å². The summed E-state index contributed by atoms with van der Waals surface area (Å²) >= 11 is 0. The van der Waals surface area contributed by atoms with Gasteiger partial charge in [0.1, 0.15) is 0 Å². The van der Waals surface area contributed by atoms with Crippen LogP contribution in [-0.2, 0) is 28.9 Å². The van der Waals surface area contributed by atoms with E-state index >= 15 is 0 Å². The first-order valence-corrected chi connectivity index (χ1v) is 8.70. The van der Waals surface area contributed by atoms with Crippen LogP contribution in [-0.4, -0.2) is 30.4 Å². The van der Waals surface area contributed by atoms with Crippen molar-refractivity contribution in [2.45, 2.75) is 32.2 Å². The first-order chi connectivity index (χ1) is 12.1. The van der Waals surface area contributed by atoms with Gasteiger partial charge in [-0.2, -0.15) is 0 Å². The lowest BCUT2D eigenvalue weighted by Crippen LogP contribution is -2.30. The van der Waals surface area contributed by atoms with Crippen molar-refractivity contribution in [3.05, 3.63) is 70.8 Å². The van der Waals surface area contributed by atoms with Crippen LogP contribution in [0.5, 0.6) is 0 Å². The Hall–Kier alpha value is -2.62. The summed E-state index contributed by atoms with van der Waals surface area (Å²) in [6.45, 7) is 0.259. The van der Waals surface area contributed by atoms with E-state index in [0.717, 1.165) is 24.8 Å². The summed E-state index contributed by atoms with van der Waals surface area (Å²) in [4.78, 5) is 26.0. The van der Waals surface area contributed by atoms with Crippen LogP contribution in [0.25, 0.3) is 0 Å². The number of amides is 1. The average molecular weight is 337 g/mol. The number of carbonyl (C=O) groups is 2. The van der Waals surface area contributed by atoms with E-state index in [1.807, 2.05) is 42.5 Å². The van der Waals surface area contributed by atoms with Crippen molar-refractivity contribution in [2.75, 3.05) is 13.7 Å². The third-order valence-corrected chi connectivity index (χ3v) is 4.60. The summed E-state index contributed by atoms with van der Waals surface area (Å²) in [6, 6.07) is 15.4. The second-order valence-electron chi connectivity index (χ2n) is 6.50. The highest BCUT2D eigenvalue weighted by Crippen LogP contribution is 2.22. The number of benzene rings is 2. The molecule has 0 bridgehead atoms. The summed E-state index contributed by atoms with van der Waals surface area (Å²) in [7, 11) is 1.71. The summed E-state index contributed by atoms with van der Waals surface area (Å²) < 4.78 is 5.21. The van der Waals surface area contributed by atoms with Crippen molar-refractivity contribution < 1.29 is 14.3 Å². The molecule has 0 saturated carbocycles. The van der Waals surface area contributed by atoms with Gasteiger partial charge in [-0.1, -0.05) is 36.4 Å². The fourth-order valence-electron chi connectivity index (χ4n) is 3.13. The number of carbonyl (C=O) groups excluding carboxylic acids is 2. The smallest absolute Gasteiger partial charge is 0.338 e. The molecule has 0 N–H and O–H groups in total. The number of hydrogen-bond acceptors (Lipinski definition) is 3. The molecule has 0 unspecified atom stereocenters. The third kappa shape index (κ3) is 4.47. The molecule has 25 heavy (non-hydrogen) atoms. The van der Waals surface area contributed by atoms with Crippen LogP contribution in [0.1, 0.15) is 39.9 Å². The van der Waals surface area contributed by atoms with E-state index in [-0.39, 0.29) is 12.5 Å². The molecular formula is C21H23NO3. The van der Waals surface area contributed by atoms with Crippen LogP contribution >= 0.6 is 0 Å². The van der Waals surface area contributed by atoms with Gasteiger partial charge in [0.15, 0.2) is 6.61 Å². The van der Waals surface area contributed by atoms with E-state index in [9.17, 15) is 9.59 Å². The van der Waals surface area contributed by atoms with Gasteiger partial charge < -0.3 is 9.64 Å². The number of rotatable bonds is 5. The summed E-state index contributed by atoms with van der Waals surface area (Å²) in [6.07, 6.45) is 4.45. The zero-order chi connectivity index (χ0) is 17.6. The van der Waals surface area contributed by atoms with E-state index in [0.29, 0.717) is 12.1 Å². The molecule has 1 aliphatic rings. The standard InChI is InChI=1S/C21H23NO3/c1-22(14-16-7-3-2-4-8-16)20(23)15-25-21(24)19-12-11-17-9-5-6-10-18(17)13-19/h2-4,7-8,11-13H,5-6,9-10,14-15H2,1H3. The zero-order valence-corrected chi connectivity index (χ0v) is 14.5. The van der Waals surface area contributed by atoms with Crippen LogP contribution in [0.3, 0.4) is 0 Å². The molecule has 0 spiro atoms. The minimum Gasteiger partial charge on any atom is -0.452 e. The number of fused-ring (bicyclic) bond motifs is 1. The first-order valence-electron chi connectivity index (χ1n) is 8.70. The lowest BCUT2D eigenvalue weighted by Gasteiger charge is -2.18. The highest BCUT2D eigenvalue weighted by atomic mass is 16.5. The summed E-state index contributed by atoms with van der Waals surface area (Å²) in [5.41, 5.74) is 4.12. The van der Waals surface area contributed by atoms with E-state index in [4.69, 9.17) is 4.74 Å². The van der Waals surface area contributed by atoms with Crippen molar-refractivity contribution in [3.63, 3.8) is 0 Å². The van der Waals surface area contributed by atoms with Crippen molar-refractivity contribution in [1.82, 2.24) is 4.90 Å². The topological polar surface area (TPSA) is 46.6 Å². The number of nitrogens with zero attached hydrogens (tertiary/aromatic N) is 1. The quantitative estimate of drug-likeness (QED) is 0.786. The molecule has 4 nitrogen and oxygen atoms in total. The van der Waals surface area contributed by atoms with E-state index in [1.54, 1.807) is 18.0 Å². The van der Waals surface area contributed by atoms with Gasteiger partial charge in [-0.05, 0) is 54.5 Å². The predicted molar refractivity (Wildman–Crippen MR) is 96.3 cm³/mol.